The number of likely N-dealkylation sites (tertiary alicyclic amines) is 2. The summed E-state index contributed by atoms with van der Waals surface area (Å²) in [6.45, 7) is 10.2. The number of aryl methyl sites for hydroxylation is 1. The zero-order valence-corrected chi connectivity index (χ0v) is 17.8. The van der Waals surface area contributed by atoms with Gasteiger partial charge in [-0.05, 0) is 42.9 Å². The topological polar surface area (TPSA) is 54.3 Å². The number of hydrogen-bond acceptors (Lipinski definition) is 4. The minimum absolute atomic E-state index is 0.249. The molecule has 29 heavy (non-hydrogen) atoms. The summed E-state index contributed by atoms with van der Waals surface area (Å²) in [6, 6.07) is 9.10. The van der Waals surface area contributed by atoms with Crippen LogP contribution in [0.2, 0.25) is 0 Å². The predicted octanol–water partition coefficient (Wildman–Crippen LogP) is 3.31. The molecule has 0 saturated carbocycles. The van der Waals surface area contributed by atoms with Crippen LogP contribution in [0.3, 0.4) is 0 Å². The average Bonchev–Trinajstić information content (AvgIpc) is 3.37. The van der Waals surface area contributed by atoms with E-state index in [0.29, 0.717) is 18.9 Å². The zero-order valence-electron chi connectivity index (χ0n) is 17.8. The van der Waals surface area contributed by atoms with Gasteiger partial charge in [0.05, 0.1) is 6.54 Å². The van der Waals surface area contributed by atoms with Crippen LogP contribution in [0, 0.1) is 5.41 Å². The maximum Gasteiger partial charge on any atom is 0.224 e. The number of amides is 1. The first kappa shape index (κ1) is 20.1. The summed E-state index contributed by atoms with van der Waals surface area (Å²) < 4.78 is 1.73. The van der Waals surface area contributed by atoms with E-state index in [1.54, 1.807) is 11.0 Å². The average molecular weight is 396 g/mol. The minimum Gasteiger partial charge on any atom is -0.342 e. The van der Waals surface area contributed by atoms with Gasteiger partial charge in [-0.15, -0.1) is 0 Å². The molecule has 0 radical (unpaired) electrons. The van der Waals surface area contributed by atoms with Gasteiger partial charge in [0.1, 0.15) is 12.7 Å². The third kappa shape index (κ3) is 4.86. The monoisotopic (exact) mass is 395 g/mol. The van der Waals surface area contributed by atoms with E-state index in [2.05, 4.69) is 58.0 Å². The Balaban J connectivity index is 1.31. The number of carbonyl (C=O) groups excluding carboxylic acids is 1. The quantitative estimate of drug-likeness (QED) is 0.753. The number of benzene rings is 1. The molecule has 0 N–H and O–H groups in total. The Hall–Kier alpha value is -2.21. The number of carbonyl (C=O) groups is 1. The fraction of sp³-hybridized carbons (Fsp3) is 0.609. The molecule has 1 unspecified atom stereocenters. The molecule has 6 nitrogen and oxygen atoms in total. The molecule has 0 aliphatic carbocycles. The highest BCUT2D eigenvalue weighted by molar-refractivity contribution is 5.76. The molecular weight excluding hydrogens is 362 g/mol. The molecule has 2 fully saturated rings. The third-order valence-electron chi connectivity index (χ3n) is 6.61. The Kier molecular flexibility index (Phi) is 5.99. The van der Waals surface area contributed by atoms with Crippen molar-refractivity contribution in [2.75, 3.05) is 26.2 Å². The summed E-state index contributed by atoms with van der Waals surface area (Å²) in [5.41, 5.74) is 3.07. The summed E-state index contributed by atoms with van der Waals surface area (Å²) in [6.07, 6.45) is 7.29. The molecule has 4 rings (SSSR count). The van der Waals surface area contributed by atoms with E-state index in [9.17, 15) is 4.79 Å². The van der Waals surface area contributed by atoms with E-state index in [1.807, 2.05) is 0 Å². The lowest BCUT2D eigenvalue weighted by Gasteiger charge is -2.40. The van der Waals surface area contributed by atoms with Gasteiger partial charge in [0.25, 0.3) is 0 Å². The van der Waals surface area contributed by atoms with Gasteiger partial charge in [-0.1, -0.05) is 38.1 Å². The summed E-state index contributed by atoms with van der Waals surface area (Å²) >= 11 is 0. The lowest BCUT2D eigenvalue weighted by Crippen LogP contribution is -2.45. The van der Waals surface area contributed by atoms with Crippen LogP contribution in [0.4, 0.5) is 0 Å². The molecule has 6 heteroatoms. The van der Waals surface area contributed by atoms with Crippen molar-refractivity contribution in [2.24, 2.45) is 5.41 Å². The second kappa shape index (κ2) is 8.66. The second-order valence-corrected chi connectivity index (χ2v) is 9.18. The van der Waals surface area contributed by atoms with Gasteiger partial charge in [0, 0.05) is 38.0 Å². The molecule has 1 spiro atoms. The number of rotatable bonds is 6. The zero-order chi connectivity index (χ0) is 20.3. The van der Waals surface area contributed by atoms with Crippen LogP contribution in [0.15, 0.2) is 36.9 Å². The van der Waals surface area contributed by atoms with E-state index in [4.69, 9.17) is 0 Å². The maximum atomic E-state index is 12.7. The normalized spacial score (nSPS) is 22.7. The molecule has 2 aromatic rings. The van der Waals surface area contributed by atoms with E-state index in [-0.39, 0.29) is 11.3 Å². The number of nitrogens with zero attached hydrogens (tertiary/aromatic N) is 5. The van der Waals surface area contributed by atoms with Crippen LogP contribution in [0.1, 0.15) is 56.6 Å². The van der Waals surface area contributed by atoms with Crippen LogP contribution in [0.25, 0.3) is 0 Å². The van der Waals surface area contributed by atoms with Crippen molar-refractivity contribution in [3.63, 3.8) is 0 Å². The molecule has 2 saturated heterocycles. The highest BCUT2D eigenvalue weighted by Crippen LogP contribution is 2.39. The van der Waals surface area contributed by atoms with Crippen LogP contribution >= 0.6 is 0 Å². The Morgan fingerprint density at radius 1 is 1.14 bits per heavy atom. The number of hydrogen-bond donors (Lipinski definition) is 0. The molecule has 1 atom stereocenters. The van der Waals surface area contributed by atoms with Crippen LogP contribution in [-0.2, 0) is 17.9 Å². The van der Waals surface area contributed by atoms with Crippen molar-refractivity contribution in [2.45, 2.75) is 58.5 Å². The van der Waals surface area contributed by atoms with Crippen LogP contribution < -0.4 is 0 Å². The molecular formula is C23H33N5O. The van der Waals surface area contributed by atoms with Crippen molar-refractivity contribution < 1.29 is 4.79 Å². The fourth-order valence-corrected chi connectivity index (χ4v) is 4.91. The summed E-state index contributed by atoms with van der Waals surface area (Å²) in [4.78, 5) is 21.3. The molecule has 2 aliphatic rings. The smallest absolute Gasteiger partial charge is 0.224 e. The van der Waals surface area contributed by atoms with Gasteiger partial charge in [-0.25, -0.2) is 4.98 Å². The van der Waals surface area contributed by atoms with Gasteiger partial charge in [-0.3, -0.25) is 14.4 Å². The Morgan fingerprint density at radius 2 is 1.97 bits per heavy atom. The Morgan fingerprint density at radius 3 is 2.69 bits per heavy atom. The molecule has 0 bridgehead atoms. The maximum absolute atomic E-state index is 12.7. The predicted molar refractivity (Wildman–Crippen MR) is 113 cm³/mol. The number of piperidine rings is 1. The van der Waals surface area contributed by atoms with Crippen LogP contribution in [0.5, 0.6) is 0 Å². The lowest BCUT2D eigenvalue weighted by atomic mass is 9.79. The van der Waals surface area contributed by atoms with Crippen molar-refractivity contribution in [1.29, 1.82) is 0 Å². The van der Waals surface area contributed by atoms with E-state index < -0.39 is 0 Å². The second-order valence-electron chi connectivity index (χ2n) is 9.18. The molecule has 1 aromatic heterocycles. The van der Waals surface area contributed by atoms with Gasteiger partial charge in [0.2, 0.25) is 5.91 Å². The minimum atomic E-state index is 0.249. The highest BCUT2D eigenvalue weighted by Gasteiger charge is 2.42. The van der Waals surface area contributed by atoms with Crippen molar-refractivity contribution in [3.05, 3.63) is 48.0 Å². The van der Waals surface area contributed by atoms with Crippen molar-refractivity contribution >= 4 is 5.91 Å². The van der Waals surface area contributed by atoms with Gasteiger partial charge in [-0.2, -0.15) is 5.10 Å². The molecule has 2 aliphatic heterocycles. The summed E-state index contributed by atoms with van der Waals surface area (Å²) in [5, 5.41) is 4.09. The Labute approximate surface area is 173 Å². The highest BCUT2D eigenvalue weighted by atomic mass is 16.2. The van der Waals surface area contributed by atoms with E-state index in [0.717, 1.165) is 39.1 Å². The first-order valence-electron chi connectivity index (χ1n) is 10.9. The summed E-state index contributed by atoms with van der Waals surface area (Å²) in [7, 11) is 0. The lowest BCUT2D eigenvalue weighted by molar-refractivity contribution is -0.131. The summed E-state index contributed by atoms with van der Waals surface area (Å²) in [5.74, 6) is 0.827. The molecule has 156 valence electrons. The number of aromatic nitrogens is 3. The van der Waals surface area contributed by atoms with Gasteiger partial charge >= 0.3 is 0 Å². The van der Waals surface area contributed by atoms with Crippen LogP contribution in [-0.4, -0.2) is 56.7 Å². The molecule has 3 heterocycles. The Bertz CT molecular complexity index is 801. The third-order valence-corrected chi connectivity index (χ3v) is 6.61. The molecule has 1 amide bonds. The standard InChI is InChI=1S/C23H33N5O/c1-19(2)21-6-4-20(5-7-21)14-26-11-3-9-23(15-26)10-13-27(16-23)22(29)8-12-28-18-24-17-25-28/h4-7,17-19H,3,8-16H2,1-2H3. The van der Waals surface area contributed by atoms with Gasteiger partial charge < -0.3 is 4.90 Å². The van der Waals surface area contributed by atoms with E-state index in [1.165, 1.54) is 30.3 Å². The largest absolute Gasteiger partial charge is 0.342 e. The SMILES string of the molecule is CC(C)c1ccc(CN2CCCC3(CCN(C(=O)CCn4cncn4)C3)C2)cc1. The van der Waals surface area contributed by atoms with Crippen molar-refractivity contribution in [3.8, 4) is 0 Å². The first-order chi connectivity index (χ1) is 14.0. The van der Waals surface area contributed by atoms with Crippen molar-refractivity contribution in [1.82, 2.24) is 24.6 Å². The van der Waals surface area contributed by atoms with Gasteiger partial charge in [0.15, 0.2) is 0 Å². The van der Waals surface area contributed by atoms with E-state index >= 15 is 0 Å². The molecule has 1 aromatic carbocycles. The first-order valence-corrected chi connectivity index (χ1v) is 10.9. The fourth-order valence-electron chi connectivity index (χ4n) is 4.91.